The van der Waals surface area contributed by atoms with Gasteiger partial charge in [-0.1, -0.05) is 12.1 Å². The summed E-state index contributed by atoms with van der Waals surface area (Å²) in [6.45, 7) is 1.18. The van der Waals surface area contributed by atoms with E-state index < -0.39 is 0 Å². The lowest BCUT2D eigenvalue weighted by Gasteiger charge is -2.35. The van der Waals surface area contributed by atoms with Crippen LogP contribution in [0.2, 0.25) is 0 Å². The number of rotatable bonds is 3. The molecule has 2 aliphatic rings. The average Bonchev–Trinajstić information content (AvgIpc) is 2.80. The molecule has 6 nitrogen and oxygen atoms in total. The summed E-state index contributed by atoms with van der Waals surface area (Å²) in [6.07, 6.45) is 1.84. The first-order valence-corrected chi connectivity index (χ1v) is 7.88. The van der Waals surface area contributed by atoms with Crippen molar-refractivity contribution in [2.45, 2.75) is 18.9 Å². The molecule has 0 unspecified atom stereocenters. The van der Waals surface area contributed by atoms with Crippen LogP contribution in [-0.2, 0) is 4.79 Å². The van der Waals surface area contributed by atoms with E-state index in [1.807, 2.05) is 14.1 Å². The van der Waals surface area contributed by atoms with E-state index in [0.29, 0.717) is 30.3 Å². The Labute approximate surface area is 135 Å². The largest absolute Gasteiger partial charge is 0.341 e. The highest BCUT2D eigenvalue weighted by Gasteiger charge is 2.37. The van der Waals surface area contributed by atoms with Crippen molar-refractivity contribution >= 4 is 17.7 Å². The first kappa shape index (κ1) is 15.7. The molecule has 0 radical (unpaired) electrons. The lowest BCUT2D eigenvalue weighted by molar-refractivity contribution is -0.132. The maximum atomic E-state index is 12.4. The molecular formula is C17H21N3O3. The van der Waals surface area contributed by atoms with Gasteiger partial charge in [0.05, 0.1) is 11.1 Å². The Morgan fingerprint density at radius 2 is 1.61 bits per heavy atom. The Morgan fingerprint density at radius 3 is 2.09 bits per heavy atom. The minimum absolute atomic E-state index is 0.156. The molecule has 2 heterocycles. The van der Waals surface area contributed by atoms with Gasteiger partial charge < -0.3 is 9.80 Å². The van der Waals surface area contributed by atoms with Crippen LogP contribution in [0.4, 0.5) is 0 Å². The van der Waals surface area contributed by atoms with Gasteiger partial charge in [0.15, 0.2) is 0 Å². The van der Waals surface area contributed by atoms with Crippen molar-refractivity contribution in [2.75, 3.05) is 33.7 Å². The molecule has 1 aromatic rings. The molecule has 0 bridgehead atoms. The molecule has 0 spiro atoms. The number of nitrogens with zero attached hydrogens (tertiary/aromatic N) is 3. The fraction of sp³-hybridized carbons (Fsp3) is 0.471. The molecule has 0 N–H and O–H groups in total. The van der Waals surface area contributed by atoms with Gasteiger partial charge in [-0.2, -0.15) is 0 Å². The number of benzene rings is 1. The summed E-state index contributed by atoms with van der Waals surface area (Å²) < 4.78 is 0. The number of likely N-dealkylation sites (tertiary alicyclic amines) is 1. The SMILES string of the molecule is CN(C)C1CCN(C(=O)CN2C(=O)c3ccccc3C2=O)CC1. The van der Waals surface area contributed by atoms with Gasteiger partial charge in [0.2, 0.25) is 5.91 Å². The molecule has 1 saturated heterocycles. The van der Waals surface area contributed by atoms with Crippen molar-refractivity contribution < 1.29 is 14.4 Å². The quantitative estimate of drug-likeness (QED) is 0.776. The van der Waals surface area contributed by atoms with Gasteiger partial charge in [0.1, 0.15) is 6.54 Å². The first-order chi connectivity index (χ1) is 11.0. The molecule has 23 heavy (non-hydrogen) atoms. The summed E-state index contributed by atoms with van der Waals surface area (Å²) in [5.74, 6) is -0.902. The summed E-state index contributed by atoms with van der Waals surface area (Å²) in [7, 11) is 4.09. The molecule has 1 aromatic carbocycles. The van der Waals surface area contributed by atoms with E-state index in [1.54, 1.807) is 29.2 Å². The lowest BCUT2D eigenvalue weighted by atomic mass is 10.0. The lowest BCUT2D eigenvalue weighted by Crippen LogP contribution is -2.48. The molecule has 122 valence electrons. The summed E-state index contributed by atoms with van der Waals surface area (Å²) >= 11 is 0. The fourth-order valence-corrected chi connectivity index (χ4v) is 3.25. The Balaban J connectivity index is 1.64. The van der Waals surface area contributed by atoms with E-state index in [4.69, 9.17) is 0 Å². The van der Waals surface area contributed by atoms with Gasteiger partial charge >= 0.3 is 0 Å². The zero-order valence-corrected chi connectivity index (χ0v) is 13.5. The second-order valence-electron chi connectivity index (χ2n) is 6.32. The third kappa shape index (κ3) is 2.86. The highest BCUT2D eigenvalue weighted by Crippen LogP contribution is 2.23. The smallest absolute Gasteiger partial charge is 0.262 e. The molecule has 0 aliphatic carbocycles. The van der Waals surface area contributed by atoms with Crippen LogP contribution in [0.25, 0.3) is 0 Å². The number of piperidine rings is 1. The molecule has 3 amide bonds. The van der Waals surface area contributed by atoms with Gasteiger partial charge in [-0.25, -0.2) is 0 Å². The number of hydrogen-bond donors (Lipinski definition) is 0. The maximum Gasteiger partial charge on any atom is 0.262 e. The van der Waals surface area contributed by atoms with Gasteiger partial charge in [0.25, 0.3) is 11.8 Å². The van der Waals surface area contributed by atoms with Crippen LogP contribution in [-0.4, -0.2) is 72.2 Å². The summed E-state index contributed by atoms with van der Waals surface area (Å²) in [4.78, 5) is 42.0. The van der Waals surface area contributed by atoms with Gasteiger partial charge in [0, 0.05) is 19.1 Å². The van der Waals surface area contributed by atoms with E-state index in [-0.39, 0.29) is 24.3 Å². The highest BCUT2D eigenvalue weighted by atomic mass is 16.2. The Bertz CT molecular complexity index is 613. The molecular weight excluding hydrogens is 294 g/mol. The summed E-state index contributed by atoms with van der Waals surface area (Å²) in [5.41, 5.74) is 0.772. The van der Waals surface area contributed by atoms with Gasteiger partial charge in [-0.05, 0) is 39.1 Å². The van der Waals surface area contributed by atoms with Crippen molar-refractivity contribution in [3.05, 3.63) is 35.4 Å². The normalized spacial score (nSPS) is 18.7. The highest BCUT2D eigenvalue weighted by molar-refractivity contribution is 6.22. The zero-order chi connectivity index (χ0) is 16.6. The molecule has 0 atom stereocenters. The summed E-state index contributed by atoms with van der Waals surface area (Å²) in [5, 5.41) is 0. The van der Waals surface area contributed by atoms with Crippen LogP contribution >= 0.6 is 0 Å². The molecule has 3 rings (SSSR count). The second-order valence-corrected chi connectivity index (χ2v) is 6.32. The minimum atomic E-state index is -0.373. The summed E-state index contributed by atoms with van der Waals surface area (Å²) in [6, 6.07) is 7.19. The number of amides is 3. The van der Waals surface area contributed by atoms with Crippen LogP contribution < -0.4 is 0 Å². The molecule has 0 aromatic heterocycles. The van der Waals surface area contributed by atoms with E-state index in [9.17, 15) is 14.4 Å². The molecule has 6 heteroatoms. The Hall–Kier alpha value is -2.21. The standard InChI is InChI=1S/C17H21N3O3/c1-18(2)12-7-9-19(10-8-12)15(21)11-20-16(22)13-5-3-4-6-14(13)17(20)23/h3-6,12H,7-11H2,1-2H3. The number of hydrogen-bond acceptors (Lipinski definition) is 4. The number of imide groups is 1. The van der Waals surface area contributed by atoms with Crippen LogP contribution in [0.3, 0.4) is 0 Å². The molecule has 2 aliphatic heterocycles. The Morgan fingerprint density at radius 1 is 1.09 bits per heavy atom. The minimum Gasteiger partial charge on any atom is -0.341 e. The monoisotopic (exact) mass is 315 g/mol. The van der Waals surface area contributed by atoms with Crippen LogP contribution in [0.5, 0.6) is 0 Å². The van der Waals surface area contributed by atoms with Gasteiger partial charge in [-0.15, -0.1) is 0 Å². The second kappa shape index (κ2) is 6.12. The van der Waals surface area contributed by atoms with E-state index >= 15 is 0 Å². The zero-order valence-electron chi connectivity index (χ0n) is 13.5. The predicted molar refractivity (Wildman–Crippen MR) is 85.1 cm³/mol. The molecule has 1 fully saturated rings. The van der Waals surface area contributed by atoms with E-state index in [2.05, 4.69) is 4.90 Å². The third-order valence-electron chi connectivity index (χ3n) is 4.72. The van der Waals surface area contributed by atoms with Gasteiger partial charge in [-0.3, -0.25) is 19.3 Å². The van der Waals surface area contributed by atoms with Crippen LogP contribution in [0.15, 0.2) is 24.3 Å². The van der Waals surface area contributed by atoms with Crippen LogP contribution in [0.1, 0.15) is 33.6 Å². The van der Waals surface area contributed by atoms with E-state index in [0.717, 1.165) is 17.7 Å². The topological polar surface area (TPSA) is 60.9 Å². The number of carbonyl (C=O) groups is 3. The van der Waals surface area contributed by atoms with E-state index in [1.165, 1.54) is 0 Å². The van der Waals surface area contributed by atoms with Crippen molar-refractivity contribution in [2.24, 2.45) is 0 Å². The van der Waals surface area contributed by atoms with Crippen LogP contribution in [0, 0.1) is 0 Å². The van der Waals surface area contributed by atoms with Crippen molar-refractivity contribution in [1.29, 1.82) is 0 Å². The third-order valence-corrected chi connectivity index (χ3v) is 4.72. The van der Waals surface area contributed by atoms with Crippen molar-refractivity contribution in [3.63, 3.8) is 0 Å². The molecule has 0 saturated carbocycles. The number of fused-ring (bicyclic) bond motifs is 1. The van der Waals surface area contributed by atoms with Crippen molar-refractivity contribution in [3.8, 4) is 0 Å². The average molecular weight is 315 g/mol. The van der Waals surface area contributed by atoms with Crippen molar-refractivity contribution in [1.82, 2.24) is 14.7 Å². The Kier molecular flexibility index (Phi) is 4.17. The predicted octanol–water partition coefficient (Wildman–Crippen LogP) is 0.835. The fourth-order valence-electron chi connectivity index (χ4n) is 3.25. The number of carbonyl (C=O) groups excluding carboxylic acids is 3. The maximum absolute atomic E-state index is 12.4. The first-order valence-electron chi connectivity index (χ1n) is 7.88.